The second kappa shape index (κ2) is 13.2. The summed E-state index contributed by atoms with van der Waals surface area (Å²) in [5, 5.41) is 18.5. The Morgan fingerprint density at radius 2 is 1.80 bits per heavy atom. The third-order valence-electron chi connectivity index (χ3n) is 4.26. The van der Waals surface area contributed by atoms with Gasteiger partial charge in [0.05, 0.1) is 18.2 Å². The monoisotopic (exact) mass is 468 g/mol. The van der Waals surface area contributed by atoms with Crippen LogP contribution >= 0.6 is 36.2 Å². The lowest BCUT2D eigenvalue weighted by molar-refractivity contribution is -0.115. The molecule has 0 spiro atoms. The first-order chi connectivity index (χ1) is 13.6. The van der Waals surface area contributed by atoms with E-state index in [1.54, 1.807) is 5.38 Å². The molecule has 0 aliphatic carbocycles. The van der Waals surface area contributed by atoms with Crippen LogP contribution in [0.25, 0.3) is 0 Å². The normalized spacial score (nSPS) is 11.1. The number of nitrogens with two attached hydrogens (primary N) is 1. The molecule has 0 aliphatic heterocycles. The van der Waals surface area contributed by atoms with Crippen LogP contribution in [0, 0.1) is 0 Å². The highest BCUT2D eigenvalue weighted by atomic mass is 35.5. The molecule has 0 saturated carbocycles. The third kappa shape index (κ3) is 8.30. The van der Waals surface area contributed by atoms with Crippen LogP contribution in [0.4, 0.5) is 10.8 Å². The Balaban J connectivity index is 0.00000225. The number of thiazole rings is 1. The zero-order valence-corrected chi connectivity index (χ0v) is 18.7. The summed E-state index contributed by atoms with van der Waals surface area (Å²) in [5.41, 5.74) is 9.08. The van der Waals surface area contributed by atoms with Crippen LogP contribution < -0.4 is 16.4 Å². The fourth-order valence-corrected chi connectivity index (χ4v) is 3.36. The summed E-state index contributed by atoms with van der Waals surface area (Å²) in [6.45, 7) is 1.28. The number of halogens is 2. The van der Waals surface area contributed by atoms with Gasteiger partial charge in [-0.2, -0.15) is 0 Å². The molecule has 162 valence electrons. The van der Waals surface area contributed by atoms with Crippen molar-refractivity contribution in [1.82, 2.24) is 10.3 Å². The number of nitrogen functional groups attached to an aromatic ring is 1. The third-order valence-corrected chi connectivity index (χ3v) is 4.98. The number of aliphatic hydroxyl groups is 1. The minimum atomic E-state index is -0.508. The van der Waals surface area contributed by atoms with Gasteiger partial charge in [-0.25, -0.2) is 4.98 Å². The molecule has 0 aliphatic rings. The SMILES string of the molecule is Cl.Cl.Nc1nc(CC(=O)Nc2ccc(CCNCC(O)c3ccccc3)cc2)cs1. The van der Waals surface area contributed by atoms with Gasteiger partial charge in [0.2, 0.25) is 5.91 Å². The molecule has 30 heavy (non-hydrogen) atoms. The van der Waals surface area contributed by atoms with Crippen LogP contribution in [0.15, 0.2) is 60.0 Å². The number of nitrogens with one attached hydrogen (secondary N) is 2. The highest BCUT2D eigenvalue weighted by Crippen LogP contribution is 2.14. The van der Waals surface area contributed by atoms with E-state index in [9.17, 15) is 9.90 Å². The van der Waals surface area contributed by atoms with E-state index in [0.29, 0.717) is 17.4 Å². The Hall–Kier alpha value is -2.16. The van der Waals surface area contributed by atoms with Gasteiger partial charge in [-0.15, -0.1) is 36.2 Å². The number of nitrogens with zero attached hydrogens (tertiary/aromatic N) is 1. The maximum atomic E-state index is 12.0. The molecule has 0 radical (unpaired) electrons. The highest BCUT2D eigenvalue weighted by Gasteiger charge is 2.08. The smallest absolute Gasteiger partial charge is 0.230 e. The summed E-state index contributed by atoms with van der Waals surface area (Å²) in [6.07, 6.45) is 0.545. The Labute approximate surface area is 192 Å². The standard InChI is InChI=1S/C21H24N4O2S.2ClH/c22-21-25-18(14-28-21)12-20(27)24-17-8-6-15(7-9-17)10-11-23-13-19(26)16-4-2-1-3-5-16;;/h1-9,14,19,23,26H,10-13H2,(H2,22,25)(H,24,27);2*1H. The lowest BCUT2D eigenvalue weighted by Gasteiger charge is -2.12. The van der Waals surface area contributed by atoms with Gasteiger partial charge in [-0.05, 0) is 36.2 Å². The van der Waals surface area contributed by atoms with Crippen molar-refractivity contribution in [2.24, 2.45) is 0 Å². The van der Waals surface area contributed by atoms with Crippen molar-refractivity contribution in [2.75, 3.05) is 24.1 Å². The molecular formula is C21H26Cl2N4O2S. The number of benzene rings is 2. The average molecular weight is 469 g/mol. The Kier molecular flexibility index (Phi) is 11.4. The van der Waals surface area contributed by atoms with Crippen molar-refractivity contribution in [2.45, 2.75) is 18.9 Å². The van der Waals surface area contributed by atoms with E-state index < -0.39 is 6.10 Å². The highest BCUT2D eigenvalue weighted by molar-refractivity contribution is 7.13. The van der Waals surface area contributed by atoms with Gasteiger partial charge in [0.15, 0.2) is 5.13 Å². The molecule has 1 aromatic heterocycles. The minimum Gasteiger partial charge on any atom is -0.387 e. The first-order valence-corrected chi connectivity index (χ1v) is 10.0. The van der Waals surface area contributed by atoms with Crippen molar-refractivity contribution in [1.29, 1.82) is 0 Å². The van der Waals surface area contributed by atoms with Crippen LogP contribution in [0.5, 0.6) is 0 Å². The van der Waals surface area contributed by atoms with Crippen molar-refractivity contribution < 1.29 is 9.90 Å². The largest absolute Gasteiger partial charge is 0.387 e. The Bertz CT molecular complexity index is 892. The predicted octanol–water partition coefficient (Wildman–Crippen LogP) is 3.62. The van der Waals surface area contributed by atoms with Gasteiger partial charge >= 0.3 is 0 Å². The molecular weight excluding hydrogens is 443 g/mol. The van der Waals surface area contributed by atoms with Gasteiger partial charge in [-0.1, -0.05) is 42.5 Å². The first-order valence-electron chi connectivity index (χ1n) is 9.12. The summed E-state index contributed by atoms with van der Waals surface area (Å²) in [7, 11) is 0. The number of carbonyl (C=O) groups is 1. The molecule has 2 aromatic carbocycles. The Morgan fingerprint density at radius 1 is 1.10 bits per heavy atom. The van der Waals surface area contributed by atoms with Crippen molar-refractivity contribution in [3.8, 4) is 0 Å². The summed E-state index contributed by atoms with van der Waals surface area (Å²) in [6, 6.07) is 17.4. The van der Waals surface area contributed by atoms with E-state index in [-0.39, 0.29) is 37.1 Å². The second-order valence-corrected chi connectivity index (χ2v) is 7.37. The molecule has 1 unspecified atom stereocenters. The number of aliphatic hydroxyl groups excluding tert-OH is 1. The first kappa shape index (κ1) is 25.9. The molecule has 0 bridgehead atoms. The summed E-state index contributed by atoms with van der Waals surface area (Å²) in [5.74, 6) is -0.116. The number of aromatic nitrogens is 1. The quantitative estimate of drug-likeness (QED) is 0.359. The summed E-state index contributed by atoms with van der Waals surface area (Å²) >= 11 is 1.33. The lowest BCUT2D eigenvalue weighted by Crippen LogP contribution is -2.23. The number of hydrogen-bond donors (Lipinski definition) is 4. The van der Waals surface area contributed by atoms with E-state index >= 15 is 0 Å². The summed E-state index contributed by atoms with van der Waals surface area (Å²) in [4.78, 5) is 16.1. The van der Waals surface area contributed by atoms with E-state index in [2.05, 4.69) is 15.6 Å². The molecule has 1 atom stereocenters. The van der Waals surface area contributed by atoms with Crippen molar-refractivity contribution >= 4 is 52.9 Å². The number of carbonyl (C=O) groups excluding carboxylic acids is 1. The topological polar surface area (TPSA) is 100 Å². The molecule has 5 N–H and O–H groups in total. The zero-order chi connectivity index (χ0) is 19.8. The van der Waals surface area contributed by atoms with Gasteiger partial charge < -0.3 is 21.5 Å². The molecule has 3 rings (SSSR count). The zero-order valence-electron chi connectivity index (χ0n) is 16.3. The van der Waals surface area contributed by atoms with E-state index in [4.69, 9.17) is 5.73 Å². The second-order valence-electron chi connectivity index (χ2n) is 6.48. The number of anilines is 2. The van der Waals surface area contributed by atoms with Crippen LogP contribution in [-0.4, -0.2) is 29.1 Å². The molecule has 6 nitrogen and oxygen atoms in total. The van der Waals surface area contributed by atoms with Gasteiger partial charge in [0.25, 0.3) is 0 Å². The molecule has 9 heteroatoms. The van der Waals surface area contributed by atoms with Gasteiger partial charge in [0.1, 0.15) is 0 Å². The molecule has 1 heterocycles. The maximum Gasteiger partial charge on any atom is 0.230 e. The molecule has 0 saturated heterocycles. The maximum absolute atomic E-state index is 12.0. The average Bonchev–Trinajstić information content (AvgIpc) is 3.11. The molecule has 3 aromatic rings. The lowest BCUT2D eigenvalue weighted by atomic mass is 10.1. The van der Waals surface area contributed by atoms with Crippen LogP contribution in [0.3, 0.4) is 0 Å². The number of hydrogen-bond acceptors (Lipinski definition) is 6. The van der Waals surface area contributed by atoms with Gasteiger partial charge in [0, 0.05) is 17.6 Å². The van der Waals surface area contributed by atoms with E-state index in [0.717, 1.165) is 29.8 Å². The summed E-state index contributed by atoms with van der Waals surface area (Å²) < 4.78 is 0. The van der Waals surface area contributed by atoms with Crippen LogP contribution in [0.1, 0.15) is 22.9 Å². The fourth-order valence-electron chi connectivity index (χ4n) is 2.79. The fraction of sp³-hybridized carbons (Fsp3) is 0.238. The Morgan fingerprint density at radius 3 is 2.43 bits per heavy atom. The van der Waals surface area contributed by atoms with Crippen LogP contribution in [0.2, 0.25) is 0 Å². The van der Waals surface area contributed by atoms with Crippen LogP contribution in [-0.2, 0) is 17.6 Å². The number of amides is 1. The molecule has 1 amide bonds. The van der Waals surface area contributed by atoms with Crippen molar-refractivity contribution in [3.05, 3.63) is 76.8 Å². The number of rotatable bonds is 9. The molecule has 0 fully saturated rings. The van der Waals surface area contributed by atoms with E-state index in [1.807, 2.05) is 54.6 Å². The van der Waals surface area contributed by atoms with Crippen molar-refractivity contribution in [3.63, 3.8) is 0 Å². The minimum absolute atomic E-state index is 0. The predicted molar refractivity (Wildman–Crippen MR) is 128 cm³/mol. The van der Waals surface area contributed by atoms with E-state index in [1.165, 1.54) is 11.3 Å². The van der Waals surface area contributed by atoms with Gasteiger partial charge in [-0.3, -0.25) is 4.79 Å².